The van der Waals surface area contributed by atoms with Crippen molar-refractivity contribution in [2.45, 2.75) is 45.1 Å². The second-order valence-corrected chi connectivity index (χ2v) is 7.90. The molecule has 2 aliphatic heterocycles. The molecule has 1 aromatic rings. The standard InChI is InChI=1S/C21H31N3O2/c1-16-7-11-23(12-8-16)20(25)18-9-13-24(14-10-18)21(26)19(22)15-17-5-3-2-4-6-17/h2-6,16,18-19H,7-15,22H2,1H3/t19-/m0/s1. The Labute approximate surface area is 156 Å². The lowest BCUT2D eigenvalue weighted by Crippen LogP contribution is -2.50. The highest BCUT2D eigenvalue weighted by Crippen LogP contribution is 2.24. The van der Waals surface area contributed by atoms with Crippen LogP contribution in [0.25, 0.3) is 0 Å². The van der Waals surface area contributed by atoms with Crippen LogP contribution in [0.5, 0.6) is 0 Å². The van der Waals surface area contributed by atoms with Gasteiger partial charge in [-0.25, -0.2) is 0 Å². The second-order valence-electron chi connectivity index (χ2n) is 7.90. The maximum atomic E-state index is 12.7. The normalized spacial score (nSPS) is 20.8. The number of hydrogen-bond acceptors (Lipinski definition) is 3. The number of piperidine rings is 2. The number of amides is 2. The van der Waals surface area contributed by atoms with Crippen LogP contribution >= 0.6 is 0 Å². The van der Waals surface area contributed by atoms with Crippen LogP contribution < -0.4 is 5.73 Å². The Hall–Kier alpha value is -1.88. The summed E-state index contributed by atoms with van der Waals surface area (Å²) in [6.45, 7) is 5.32. The highest BCUT2D eigenvalue weighted by Gasteiger charge is 2.32. The molecule has 142 valence electrons. The lowest BCUT2D eigenvalue weighted by molar-refractivity contribution is -0.142. The van der Waals surface area contributed by atoms with E-state index < -0.39 is 6.04 Å². The highest BCUT2D eigenvalue weighted by molar-refractivity contribution is 5.83. The van der Waals surface area contributed by atoms with Gasteiger partial charge in [-0.1, -0.05) is 37.3 Å². The zero-order valence-electron chi connectivity index (χ0n) is 15.8. The molecular weight excluding hydrogens is 326 g/mol. The van der Waals surface area contributed by atoms with Crippen LogP contribution in [0, 0.1) is 11.8 Å². The predicted octanol–water partition coefficient (Wildman–Crippen LogP) is 2.05. The first-order valence-corrected chi connectivity index (χ1v) is 9.91. The Morgan fingerprint density at radius 1 is 1.00 bits per heavy atom. The lowest BCUT2D eigenvalue weighted by atomic mass is 9.92. The minimum atomic E-state index is -0.506. The van der Waals surface area contributed by atoms with Crippen molar-refractivity contribution in [1.82, 2.24) is 9.80 Å². The fraction of sp³-hybridized carbons (Fsp3) is 0.619. The summed E-state index contributed by atoms with van der Waals surface area (Å²) in [6.07, 6.45) is 4.29. The van der Waals surface area contributed by atoms with Gasteiger partial charge in [0.25, 0.3) is 0 Å². The number of benzene rings is 1. The molecule has 0 saturated carbocycles. The first kappa shape index (κ1) is 18.9. The Morgan fingerprint density at radius 2 is 1.58 bits per heavy atom. The molecule has 5 nitrogen and oxygen atoms in total. The van der Waals surface area contributed by atoms with Gasteiger partial charge in [0.2, 0.25) is 11.8 Å². The number of carbonyl (C=O) groups is 2. The van der Waals surface area contributed by atoms with Gasteiger partial charge in [0.05, 0.1) is 6.04 Å². The molecule has 3 rings (SSSR count). The number of nitrogens with two attached hydrogens (primary N) is 1. The van der Waals surface area contributed by atoms with Crippen LogP contribution in [0.4, 0.5) is 0 Å². The number of nitrogens with zero attached hydrogens (tertiary/aromatic N) is 2. The molecule has 0 radical (unpaired) electrons. The zero-order valence-corrected chi connectivity index (χ0v) is 15.8. The van der Waals surface area contributed by atoms with E-state index in [0.717, 1.165) is 50.3 Å². The number of rotatable bonds is 4. The Kier molecular flexibility index (Phi) is 6.30. The molecule has 1 aromatic carbocycles. The van der Waals surface area contributed by atoms with Crippen molar-refractivity contribution in [2.75, 3.05) is 26.2 Å². The number of likely N-dealkylation sites (tertiary alicyclic amines) is 2. The maximum Gasteiger partial charge on any atom is 0.239 e. The summed E-state index contributed by atoms with van der Waals surface area (Å²) in [5, 5.41) is 0. The first-order chi connectivity index (χ1) is 12.5. The SMILES string of the molecule is CC1CCN(C(=O)C2CCN(C(=O)[C@@H](N)Cc3ccccc3)CC2)CC1. The summed E-state index contributed by atoms with van der Waals surface area (Å²) in [6, 6.07) is 9.38. The molecule has 2 heterocycles. The topological polar surface area (TPSA) is 66.6 Å². The van der Waals surface area contributed by atoms with Gasteiger partial charge in [0, 0.05) is 32.1 Å². The zero-order chi connectivity index (χ0) is 18.5. The van der Waals surface area contributed by atoms with Crippen LogP contribution in [0.1, 0.15) is 38.2 Å². The minimum absolute atomic E-state index is 0.00606. The van der Waals surface area contributed by atoms with E-state index in [9.17, 15) is 9.59 Å². The van der Waals surface area contributed by atoms with Gasteiger partial charge in [0.1, 0.15) is 0 Å². The minimum Gasteiger partial charge on any atom is -0.342 e. The molecule has 0 aromatic heterocycles. The van der Waals surface area contributed by atoms with Gasteiger partial charge in [-0.15, -0.1) is 0 Å². The van der Waals surface area contributed by atoms with Crippen molar-refractivity contribution in [3.8, 4) is 0 Å². The maximum absolute atomic E-state index is 12.7. The second kappa shape index (κ2) is 8.67. The predicted molar refractivity (Wildman–Crippen MR) is 102 cm³/mol. The quantitative estimate of drug-likeness (QED) is 0.897. The van der Waals surface area contributed by atoms with Crippen LogP contribution in [-0.4, -0.2) is 53.8 Å². The molecule has 0 unspecified atom stereocenters. The van der Waals surface area contributed by atoms with E-state index in [0.29, 0.717) is 19.5 Å². The molecule has 1 atom stereocenters. The van der Waals surface area contributed by atoms with Crippen LogP contribution in [0.2, 0.25) is 0 Å². The Bertz CT molecular complexity index is 603. The summed E-state index contributed by atoms with van der Waals surface area (Å²) in [5.74, 6) is 1.09. The molecule has 0 aliphatic carbocycles. The van der Waals surface area contributed by atoms with E-state index in [1.54, 1.807) is 0 Å². The summed E-state index contributed by atoms with van der Waals surface area (Å²) in [4.78, 5) is 29.2. The van der Waals surface area contributed by atoms with E-state index in [4.69, 9.17) is 5.73 Å². The lowest BCUT2D eigenvalue weighted by Gasteiger charge is -2.37. The summed E-state index contributed by atoms with van der Waals surface area (Å²) in [7, 11) is 0. The van der Waals surface area contributed by atoms with Gasteiger partial charge < -0.3 is 15.5 Å². The van der Waals surface area contributed by atoms with Gasteiger partial charge in [-0.3, -0.25) is 9.59 Å². The third-order valence-corrected chi connectivity index (χ3v) is 5.87. The monoisotopic (exact) mass is 357 g/mol. The average Bonchev–Trinajstić information content (AvgIpc) is 2.68. The summed E-state index contributed by atoms with van der Waals surface area (Å²) >= 11 is 0. The Balaban J connectivity index is 1.47. The molecule has 0 bridgehead atoms. The fourth-order valence-electron chi connectivity index (χ4n) is 4.02. The van der Waals surface area contributed by atoms with Crippen LogP contribution in [0.3, 0.4) is 0 Å². The molecule has 5 heteroatoms. The van der Waals surface area contributed by atoms with E-state index >= 15 is 0 Å². The van der Waals surface area contributed by atoms with Crippen LogP contribution in [-0.2, 0) is 16.0 Å². The molecule has 2 fully saturated rings. The van der Waals surface area contributed by atoms with Crippen molar-refractivity contribution in [3.63, 3.8) is 0 Å². The van der Waals surface area contributed by atoms with Gasteiger partial charge in [-0.2, -0.15) is 0 Å². The third kappa shape index (κ3) is 4.64. The summed E-state index contributed by atoms with van der Waals surface area (Å²) in [5.41, 5.74) is 7.22. The van der Waals surface area contributed by atoms with E-state index in [1.807, 2.05) is 40.1 Å². The van der Waals surface area contributed by atoms with Gasteiger partial charge >= 0.3 is 0 Å². The number of carbonyl (C=O) groups excluding carboxylic acids is 2. The van der Waals surface area contributed by atoms with Crippen molar-refractivity contribution in [3.05, 3.63) is 35.9 Å². The van der Waals surface area contributed by atoms with Gasteiger partial charge in [-0.05, 0) is 43.6 Å². The molecular formula is C21H31N3O2. The van der Waals surface area contributed by atoms with E-state index in [1.165, 1.54) is 0 Å². The van der Waals surface area contributed by atoms with E-state index in [-0.39, 0.29) is 17.7 Å². The molecule has 2 amide bonds. The fourth-order valence-corrected chi connectivity index (χ4v) is 4.02. The van der Waals surface area contributed by atoms with Crippen molar-refractivity contribution >= 4 is 11.8 Å². The largest absolute Gasteiger partial charge is 0.342 e. The van der Waals surface area contributed by atoms with Gasteiger partial charge in [0.15, 0.2) is 0 Å². The van der Waals surface area contributed by atoms with E-state index in [2.05, 4.69) is 6.92 Å². The molecule has 2 aliphatic rings. The van der Waals surface area contributed by atoms with Crippen molar-refractivity contribution < 1.29 is 9.59 Å². The molecule has 26 heavy (non-hydrogen) atoms. The molecule has 0 spiro atoms. The molecule has 2 N–H and O–H groups in total. The third-order valence-electron chi connectivity index (χ3n) is 5.87. The van der Waals surface area contributed by atoms with Crippen molar-refractivity contribution in [2.24, 2.45) is 17.6 Å². The van der Waals surface area contributed by atoms with Crippen molar-refractivity contribution in [1.29, 1.82) is 0 Å². The van der Waals surface area contributed by atoms with Crippen LogP contribution in [0.15, 0.2) is 30.3 Å². The average molecular weight is 357 g/mol. The smallest absolute Gasteiger partial charge is 0.239 e. The highest BCUT2D eigenvalue weighted by atomic mass is 16.2. The Morgan fingerprint density at radius 3 is 2.19 bits per heavy atom. The summed E-state index contributed by atoms with van der Waals surface area (Å²) < 4.78 is 0. The number of hydrogen-bond donors (Lipinski definition) is 1. The first-order valence-electron chi connectivity index (χ1n) is 9.91. The molecule has 2 saturated heterocycles.